The Balaban J connectivity index is 1.71. The van der Waals surface area contributed by atoms with Crippen molar-refractivity contribution in [3.8, 4) is 5.75 Å². The Bertz CT molecular complexity index is 631. The molecule has 0 spiro atoms. The molecule has 2 aromatic rings. The first-order chi connectivity index (χ1) is 11.1. The van der Waals surface area contributed by atoms with Crippen molar-refractivity contribution in [2.24, 2.45) is 0 Å². The van der Waals surface area contributed by atoms with Crippen molar-refractivity contribution < 1.29 is 9.53 Å². The Labute approximate surface area is 137 Å². The molecular weight excluding hydrogens is 288 g/mol. The quantitative estimate of drug-likeness (QED) is 0.773. The van der Waals surface area contributed by atoms with E-state index in [1.54, 1.807) is 7.11 Å². The fourth-order valence-electron chi connectivity index (χ4n) is 2.48. The molecule has 0 atom stereocenters. The standard InChI is InChI=1S/C19H24N2O2/c1-14-10-15(2)12-17(11-14)21-19(22)13-20-9-8-16-4-6-18(23-3)7-5-16/h4-7,10-12,20H,8-9,13H2,1-3H3,(H,21,22). The summed E-state index contributed by atoms with van der Waals surface area (Å²) in [7, 11) is 1.66. The highest BCUT2D eigenvalue weighted by Gasteiger charge is 2.03. The van der Waals surface area contributed by atoms with Gasteiger partial charge in [-0.05, 0) is 67.8 Å². The molecular formula is C19H24N2O2. The fraction of sp³-hybridized carbons (Fsp3) is 0.316. The molecule has 2 rings (SSSR count). The van der Waals surface area contributed by atoms with E-state index in [1.165, 1.54) is 5.56 Å². The van der Waals surface area contributed by atoms with Crippen LogP contribution in [0, 0.1) is 13.8 Å². The molecule has 0 aliphatic heterocycles. The van der Waals surface area contributed by atoms with Crippen molar-refractivity contribution in [3.05, 3.63) is 59.2 Å². The number of nitrogens with one attached hydrogen (secondary N) is 2. The van der Waals surface area contributed by atoms with E-state index in [0.29, 0.717) is 6.54 Å². The molecule has 122 valence electrons. The van der Waals surface area contributed by atoms with E-state index < -0.39 is 0 Å². The summed E-state index contributed by atoms with van der Waals surface area (Å²) in [6.07, 6.45) is 0.876. The topological polar surface area (TPSA) is 50.4 Å². The number of carbonyl (C=O) groups is 1. The van der Waals surface area contributed by atoms with Crippen LogP contribution in [0.1, 0.15) is 16.7 Å². The van der Waals surface area contributed by atoms with E-state index >= 15 is 0 Å². The zero-order valence-electron chi connectivity index (χ0n) is 14.0. The average molecular weight is 312 g/mol. The van der Waals surface area contributed by atoms with E-state index in [1.807, 2.05) is 50.2 Å². The molecule has 0 heterocycles. The van der Waals surface area contributed by atoms with Gasteiger partial charge in [-0.3, -0.25) is 4.79 Å². The van der Waals surface area contributed by atoms with Gasteiger partial charge in [0.15, 0.2) is 0 Å². The smallest absolute Gasteiger partial charge is 0.238 e. The number of anilines is 1. The lowest BCUT2D eigenvalue weighted by Crippen LogP contribution is -2.29. The van der Waals surface area contributed by atoms with Crippen LogP contribution in [-0.4, -0.2) is 26.1 Å². The number of benzene rings is 2. The number of rotatable bonds is 7. The van der Waals surface area contributed by atoms with Gasteiger partial charge < -0.3 is 15.4 Å². The van der Waals surface area contributed by atoms with Crippen LogP contribution in [0.4, 0.5) is 5.69 Å². The second kappa shape index (κ2) is 8.34. The third-order valence-electron chi connectivity index (χ3n) is 3.54. The number of ether oxygens (including phenoxy) is 1. The Morgan fingerprint density at radius 1 is 1.04 bits per heavy atom. The van der Waals surface area contributed by atoms with Crippen molar-refractivity contribution in [1.29, 1.82) is 0 Å². The Hall–Kier alpha value is -2.33. The largest absolute Gasteiger partial charge is 0.497 e. The van der Waals surface area contributed by atoms with Crippen LogP contribution in [0.5, 0.6) is 5.75 Å². The first-order valence-corrected chi connectivity index (χ1v) is 7.78. The monoisotopic (exact) mass is 312 g/mol. The van der Waals surface area contributed by atoms with Gasteiger partial charge in [-0.2, -0.15) is 0 Å². The number of hydrogen-bond acceptors (Lipinski definition) is 3. The summed E-state index contributed by atoms with van der Waals surface area (Å²) in [6.45, 7) is 5.11. The van der Waals surface area contributed by atoms with Gasteiger partial charge in [-0.1, -0.05) is 18.2 Å². The van der Waals surface area contributed by atoms with E-state index in [9.17, 15) is 4.79 Å². The molecule has 0 fully saturated rings. The van der Waals surface area contributed by atoms with E-state index in [-0.39, 0.29) is 5.91 Å². The van der Waals surface area contributed by atoms with Gasteiger partial charge in [0.2, 0.25) is 5.91 Å². The Morgan fingerprint density at radius 3 is 2.30 bits per heavy atom. The minimum atomic E-state index is -0.0234. The Morgan fingerprint density at radius 2 is 1.70 bits per heavy atom. The summed E-state index contributed by atoms with van der Waals surface area (Å²) >= 11 is 0. The summed E-state index contributed by atoms with van der Waals surface area (Å²) in [6, 6.07) is 14.0. The molecule has 4 heteroatoms. The third-order valence-corrected chi connectivity index (χ3v) is 3.54. The van der Waals surface area contributed by atoms with Gasteiger partial charge in [0.1, 0.15) is 5.75 Å². The highest BCUT2D eigenvalue weighted by molar-refractivity contribution is 5.92. The summed E-state index contributed by atoms with van der Waals surface area (Å²) in [5, 5.41) is 6.09. The van der Waals surface area contributed by atoms with Crippen LogP contribution in [0.2, 0.25) is 0 Å². The van der Waals surface area contributed by atoms with Crippen molar-refractivity contribution in [3.63, 3.8) is 0 Å². The molecule has 1 amide bonds. The Kier molecular flexibility index (Phi) is 6.18. The van der Waals surface area contributed by atoms with E-state index in [0.717, 1.165) is 35.5 Å². The maximum Gasteiger partial charge on any atom is 0.238 e. The van der Waals surface area contributed by atoms with E-state index in [2.05, 4.69) is 16.7 Å². The number of amides is 1. The zero-order chi connectivity index (χ0) is 16.7. The van der Waals surface area contributed by atoms with Gasteiger partial charge in [-0.15, -0.1) is 0 Å². The molecule has 0 saturated carbocycles. The molecule has 0 unspecified atom stereocenters. The lowest BCUT2D eigenvalue weighted by atomic mass is 10.1. The molecule has 2 aromatic carbocycles. The summed E-state index contributed by atoms with van der Waals surface area (Å²) in [4.78, 5) is 11.9. The van der Waals surface area contributed by atoms with Crippen molar-refractivity contribution >= 4 is 11.6 Å². The zero-order valence-corrected chi connectivity index (χ0v) is 14.0. The van der Waals surface area contributed by atoms with Crippen LogP contribution in [0.3, 0.4) is 0 Å². The second-order valence-corrected chi connectivity index (χ2v) is 5.70. The number of methoxy groups -OCH3 is 1. The molecule has 0 radical (unpaired) electrons. The lowest BCUT2D eigenvalue weighted by Gasteiger charge is -2.09. The van der Waals surface area contributed by atoms with Crippen LogP contribution < -0.4 is 15.4 Å². The molecule has 4 nitrogen and oxygen atoms in total. The average Bonchev–Trinajstić information content (AvgIpc) is 2.51. The third kappa shape index (κ3) is 5.75. The molecule has 0 saturated heterocycles. The van der Waals surface area contributed by atoms with E-state index in [4.69, 9.17) is 4.74 Å². The SMILES string of the molecule is COc1ccc(CCNCC(=O)Nc2cc(C)cc(C)c2)cc1. The number of carbonyl (C=O) groups excluding carboxylic acids is 1. The minimum absolute atomic E-state index is 0.0234. The van der Waals surface area contributed by atoms with Crippen LogP contribution in [0.25, 0.3) is 0 Å². The minimum Gasteiger partial charge on any atom is -0.497 e. The van der Waals surface area contributed by atoms with Gasteiger partial charge in [0.05, 0.1) is 13.7 Å². The van der Waals surface area contributed by atoms with Crippen molar-refractivity contribution in [2.45, 2.75) is 20.3 Å². The van der Waals surface area contributed by atoms with Crippen molar-refractivity contribution in [1.82, 2.24) is 5.32 Å². The number of hydrogen-bond donors (Lipinski definition) is 2. The van der Waals surface area contributed by atoms with Gasteiger partial charge in [0.25, 0.3) is 0 Å². The van der Waals surface area contributed by atoms with Crippen LogP contribution in [-0.2, 0) is 11.2 Å². The summed E-state index contributed by atoms with van der Waals surface area (Å²) in [5.74, 6) is 0.833. The highest BCUT2D eigenvalue weighted by atomic mass is 16.5. The van der Waals surface area contributed by atoms with Crippen LogP contribution >= 0.6 is 0 Å². The molecule has 0 aliphatic rings. The van der Waals surface area contributed by atoms with Crippen molar-refractivity contribution in [2.75, 3.05) is 25.5 Å². The predicted molar refractivity (Wildman–Crippen MR) is 94.1 cm³/mol. The normalized spacial score (nSPS) is 10.4. The molecule has 23 heavy (non-hydrogen) atoms. The second-order valence-electron chi connectivity index (χ2n) is 5.70. The maximum atomic E-state index is 11.9. The lowest BCUT2D eigenvalue weighted by molar-refractivity contribution is -0.115. The molecule has 0 aromatic heterocycles. The number of aryl methyl sites for hydroxylation is 2. The molecule has 0 aliphatic carbocycles. The predicted octanol–water partition coefficient (Wildman–Crippen LogP) is 3.08. The fourth-order valence-corrected chi connectivity index (χ4v) is 2.48. The molecule has 2 N–H and O–H groups in total. The maximum absolute atomic E-state index is 11.9. The first kappa shape index (κ1) is 17.0. The van der Waals surface area contributed by atoms with Gasteiger partial charge in [-0.25, -0.2) is 0 Å². The van der Waals surface area contributed by atoms with Gasteiger partial charge in [0, 0.05) is 5.69 Å². The first-order valence-electron chi connectivity index (χ1n) is 7.78. The highest BCUT2D eigenvalue weighted by Crippen LogP contribution is 2.13. The summed E-state index contributed by atoms with van der Waals surface area (Å²) < 4.78 is 5.13. The van der Waals surface area contributed by atoms with Crippen LogP contribution in [0.15, 0.2) is 42.5 Å². The molecule has 0 bridgehead atoms. The van der Waals surface area contributed by atoms with Gasteiger partial charge >= 0.3 is 0 Å². The summed E-state index contributed by atoms with van der Waals surface area (Å²) in [5.41, 5.74) is 4.36.